The molecule has 0 aliphatic carbocycles. The Hall–Kier alpha value is -2.25. The number of benzene rings is 2. The first-order valence-electron chi connectivity index (χ1n) is 9.43. The number of hydrogen-bond donors (Lipinski definition) is 1. The van der Waals surface area contributed by atoms with E-state index in [9.17, 15) is 8.42 Å². The lowest BCUT2D eigenvalue weighted by Gasteiger charge is -2.31. The van der Waals surface area contributed by atoms with Crippen LogP contribution in [0.3, 0.4) is 0 Å². The van der Waals surface area contributed by atoms with E-state index in [1.807, 2.05) is 18.2 Å². The second kappa shape index (κ2) is 7.78. The average Bonchev–Trinajstić information content (AvgIpc) is 3.24. The van der Waals surface area contributed by atoms with Crippen molar-refractivity contribution in [2.24, 2.45) is 0 Å². The fourth-order valence-electron chi connectivity index (χ4n) is 3.66. The van der Waals surface area contributed by atoms with Crippen LogP contribution < -0.4 is 14.5 Å². The van der Waals surface area contributed by atoms with Gasteiger partial charge in [-0.3, -0.25) is 4.72 Å². The predicted octanol–water partition coefficient (Wildman–Crippen LogP) is 2.92. The molecule has 0 saturated carbocycles. The summed E-state index contributed by atoms with van der Waals surface area (Å²) in [6.07, 6.45) is 2.35. The number of anilines is 3. The predicted molar refractivity (Wildman–Crippen MR) is 108 cm³/mol. The summed E-state index contributed by atoms with van der Waals surface area (Å²) in [7, 11) is -3.64. The molecule has 4 rings (SSSR count). The van der Waals surface area contributed by atoms with Crippen molar-refractivity contribution in [3.05, 3.63) is 48.5 Å². The SMILES string of the molecule is O=S(=O)(Nc1cc(N2CCCC2)ccc1N1CCOCC1)c1ccccc1. The topological polar surface area (TPSA) is 61.9 Å². The smallest absolute Gasteiger partial charge is 0.261 e. The van der Waals surface area contributed by atoms with Crippen molar-refractivity contribution in [1.29, 1.82) is 0 Å². The van der Waals surface area contributed by atoms with Gasteiger partial charge in [0, 0.05) is 31.9 Å². The van der Waals surface area contributed by atoms with Gasteiger partial charge in [-0.05, 0) is 43.2 Å². The number of sulfonamides is 1. The number of nitrogens with zero attached hydrogens (tertiary/aromatic N) is 2. The number of rotatable bonds is 5. The molecule has 0 bridgehead atoms. The van der Waals surface area contributed by atoms with Gasteiger partial charge in [0.1, 0.15) is 0 Å². The fourth-order valence-corrected chi connectivity index (χ4v) is 4.75. The summed E-state index contributed by atoms with van der Waals surface area (Å²) < 4.78 is 34.1. The molecule has 2 aliphatic rings. The zero-order chi connectivity index (χ0) is 18.7. The number of morpholine rings is 1. The van der Waals surface area contributed by atoms with Gasteiger partial charge in [0.2, 0.25) is 0 Å². The van der Waals surface area contributed by atoms with E-state index in [0.717, 1.165) is 37.6 Å². The maximum absolute atomic E-state index is 12.9. The lowest BCUT2D eigenvalue weighted by atomic mass is 10.2. The van der Waals surface area contributed by atoms with E-state index in [-0.39, 0.29) is 4.90 Å². The Labute approximate surface area is 160 Å². The van der Waals surface area contributed by atoms with Crippen molar-refractivity contribution >= 4 is 27.1 Å². The molecule has 1 N–H and O–H groups in total. The van der Waals surface area contributed by atoms with E-state index < -0.39 is 10.0 Å². The van der Waals surface area contributed by atoms with E-state index in [1.54, 1.807) is 24.3 Å². The van der Waals surface area contributed by atoms with Gasteiger partial charge in [-0.15, -0.1) is 0 Å². The van der Waals surface area contributed by atoms with Crippen molar-refractivity contribution in [2.75, 3.05) is 53.9 Å². The van der Waals surface area contributed by atoms with Crippen molar-refractivity contribution in [2.45, 2.75) is 17.7 Å². The molecule has 6 nitrogen and oxygen atoms in total. The lowest BCUT2D eigenvalue weighted by Crippen LogP contribution is -2.36. The van der Waals surface area contributed by atoms with Crippen LogP contribution in [-0.2, 0) is 14.8 Å². The second-order valence-electron chi connectivity index (χ2n) is 6.91. The van der Waals surface area contributed by atoms with Crippen LogP contribution in [-0.4, -0.2) is 47.8 Å². The Morgan fingerprint density at radius 1 is 0.852 bits per heavy atom. The third-order valence-electron chi connectivity index (χ3n) is 5.10. The molecule has 2 saturated heterocycles. The first-order valence-corrected chi connectivity index (χ1v) is 10.9. The summed E-state index contributed by atoms with van der Waals surface area (Å²) >= 11 is 0. The van der Waals surface area contributed by atoms with E-state index in [4.69, 9.17) is 4.74 Å². The standard InChI is InChI=1S/C20H25N3O3S/c24-27(25,18-6-2-1-3-7-18)21-19-16-17(22-10-4-5-11-22)8-9-20(19)23-12-14-26-15-13-23/h1-3,6-9,16,21H,4-5,10-15H2. The summed E-state index contributed by atoms with van der Waals surface area (Å²) in [6, 6.07) is 14.6. The van der Waals surface area contributed by atoms with Gasteiger partial charge >= 0.3 is 0 Å². The van der Waals surface area contributed by atoms with Gasteiger partial charge in [0.05, 0.1) is 29.5 Å². The maximum atomic E-state index is 12.9. The van der Waals surface area contributed by atoms with Crippen LogP contribution in [0, 0.1) is 0 Å². The van der Waals surface area contributed by atoms with Crippen LogP contribution in [0.2, 0.25) is 0 Å². The van der Waals surface area contributed by atoms with Gasteiger partial charge in [0.15, 0.2) is 0 Å². The molecule has 2 fully saturated rings. The molecule has 2 aromatic carbocycles. The lowest BCUT2D eigenvalue weighted by molar-refractivity contribution is 0.123. The summed E-state index contributed by atoms with van der Waals surface area (Å²) in [5.41, 5.74) is 2.60. The Morgan fingerprint density at radius 2 is 1.56 bits per heavy atom. The molecule has 144 valence electrons. The van der Waals surface area contributed by atoms with Gasteiger partial charge in [-0.1, -0.05) is 18.2 Å². The Balaban J connectivity index is 1.69. The minimum absolute atomic E-state index is 0.268. The van der Waals surface area contributed by atoms with E-state index in [2.05, 4.69) is 20.6 Å². The zero-order valence-corrected chi connectivity index (χ0v) is 16.1. The molecule has 0 unspecified atom stereocenters. The number of nitrogens with one attached hydrogen (secondary N) is 1. The monoisotopic (exact) mass is 387 g/mol. The van der Waals surface area contributed by atoms with E-state index >= 15 is 0 Å². The molecular formula is C20H25N3O3S. The molecule has 27 heavy (non-hydrogen) atoms. The minimum Gasteiger partial charge on any atom is -0.378 e. The Morgan fingerprint density at radius 3 is 2.26 bits per heavy atom. The van der Waals surface area contributed by atoms with E-state index in [1.165, 1.54) is 12.8 Å². The van der Waals surface area contributed by atoms with Gasteiger partial charge in [-0.25, -0.2) is 8.42 Å². The molecule has 7 heteroatoms. The van der Waals surface area contributed by atoms with Crippen molar-refractivity contribution < 1.29 is 13.2 Å². The average molecular weight is 388 g/mol. The number of hydrogen-bond acceptors (Lipinski definition) is 5. The quantitative estimate of drug-likeness (QED) is 0.855. The van der Waals surface area contributed by atoms with E-state index in [0.29, 0.717) is 18.9 Å². The summed E-state index contributed by atoms with van der Waals surface area (Å²) in [6.45, 7) is 4.84. The molecule has 2 aliphatic heterocycles. The maximum Gasteiger partial charge on any atom is 0.261 e. The van der Waals surface area contributed by atoms with Crippen LogP contribution in [0.25, 0.3) is 0 Å². The second-order valence-corrected chi connectivity index (χ2v) is 8.60. The zero-order valence-electron chi connectivity index (χ0n) is 15.3. The van der Waals surface area contributed by atoms with Crippen LogP contribution in [0.15, 0.2) is 53.4 Å². The van der Waals surface area contributed by atoms with Crippen LogP contribution in [0.4, 0.5) is 17.1 Å². The summed E-state index contributed by atoms with van der Waals surface area (Å²) in [5.74, 6) is 0. The van der Waals surface area contributed by atoms with Crippen molar-refractivity contribution in [1.82, 2.24) is 0 Å². The highest BCUT2D eigenvalue weighted by Gasteiger charge is 2.22. The first-order chi connectivity index (χ1) is 13.1. The molecular weight excluding hydrogens is 362 g/mol. The Bertz CT molecular complexity index is 875. The van der Waals surface area contributed by atoms with Crippen molar-refractivity contribution in [3.63, 3.8) is 0 Å². The first kappa shape index (κ1) is 18.1. The summed E-state index contributed by atoms with van der Waals surface area (Å²) in [4.78, 5) is 4.76. The molecule has 2 aromatic rings. The highest BCUT2D eigenvalue weighted by Crippen LogP contribution is 2.34. The molecule has 0 amide bonds. The normalized spacial score (nSPS) is 17.9. The van der Waals surface area contributed by atoms with Gasteiger partial charge in [-0.2, -0.15) is 0 Å². The highest BCUT2D eigenvalue weighted by molar-refractivity contribution is 7.92. The largest absolute Gasteiger partial charge is 0.378 e. The fraction of sp³-hybridized carbons (Fsp3) is 0.400. The van der Waals surface area contributed by atoms with Crippen LogP contribution in [0.5, 0.6) is 0 Å². The highest BCUT2D eigenvalue weighted by atomic mass is 32.2. The van der Waals surface area contributed by atoms with Crippen molar-refractivity contribution in [3.8, 4) is 0 Å². The Kier molecular flexibility index (Phi) is 5.22. The third-order valence-corrected chi connectivity index (χ3v) is 6.48. The number of ether oxygens (including phenoxy) is 1. The summed E-state index contributed by atoms with van der Waals surface area (Å²) in [5, 5.41) is 0. The third kappa shape index (κ3) is 4.04. The molecule has 0 radical (unpaired) electrons. The van der Waals surface area contributed by atoms with Crippen LogP contribution >= 0.6 is 0 Å². The van der Waals surface area contributed by atoms with Gasteiger partial charge < -0.3 is 14.5 Å². The van der Waals surface area contributed by atoms with Gasteiger partial charge in [0.25, 0.3) is 10.0 Å². The molecule has 0 aromatic heterocycles. The van der Waals surface area contributed by atoms with Crippen LogP contribution in [0.1, 0.15) is 12.8 Å². The molecule has 0 atom stereocenters. The molecule has 2 heterocycles. The molecule has 0 spiro atoms. The minimum atomic E-state index is -3.64.